The Labute approximate surface area is 49.9 Å². The van der Waals surface area contributed by atoms with E-state index < -0.39 is 0 Å². The van der Waals surface area contributed by atoms with Gasteiger partial charge in [-0.1, -0.05) is 25.1 Å². The normalized spacial score (nSPS) is 22.9. The molecule has 1 heteroatoms. The van der Waals surface area contributed by atoms with Gasteiger partial charge in [-0.25, -0.2) is 0 Å². The van der Waals surface area contributed by atoms with E-state index in [4.69, 9.17) is 0 Å². The maximum atomic E-state index is 4.66. The number of thiocarbonyl (C=S) groups is 1. The van der Waals surface area contributed by atoms with Crippen LogP contribution in [0.2, 0.25) is 0 Å². The minimum atomic E-state index is 0.662. The van der Waals surface area contributed by atoms with Crippen LogP contribution in [0.4, 0.5) is 0 Å². The van der Waals surface area contributed by atoms with Gasteiger partial charge in [0, 0.05) is 5.37 Å². The van der Waals surface area contributed by atoms with Crippen molar-refractivity contribution in [3.63, 3.8) is 0 Å². The van der Waals surface area contributed by atoms with Crippen molar-refractivity contribution in [1.82, 2.24) is 0 Å². The largest absolute Gasteiger partial charge is 0.0834 e. The molecule has 0 amide bonds. The minimum absolute atomic E-state index is 0.662. The second kappa shape index (κ2) is 2.41. The summed E-state index contributed by atoms with van der Waals surface area (Å²) < 4.78 is 0. The van der Waals surface area contributed by atoms with Crippen LogP contribution in [0, 0.1) is 5.92 Å². The third-order valence-corrected chi connectivity index (χ3v) is 1.86. The van der Waals surface area contributed by atoms with E-state index in [0.717, 1.165) is 0 Å². The van der Waals surface area contributed by atoms with E-state index in [9.17, 15) is 0 Å². The van der Waals surface area contributed by atoms with Crippen LogP contribution in [0.25, 0.3) is 0 Å². The first kappa shape index (κ1) is 5.23. The van der Waals surface area contributed by atoms with Gasteiger partial charge in [0.2, 0.25) is 0 Å². The van der Waals surface area contributed by atoms with E-state index in [1.807, 2.05) is 0 Å². The summed E-state index contributed by atoms with van der Waals surface area (Å²) >= 11 is 4.66. The van der Waals surface area contributed by atoms with Crippen LogP contribution in [0.3, 0.4) is 0 Å². The summed E-state index contributed by atoms with van der Waals surface area (Å²) in [6, 6.07) is 0. The van der Waals surface area contributed by atoms with Gasteiger partial charge in [-0.2, -0.15) is 0 Å². The van der Waals surface area contributed by atoms with Gasteiger partial charge in [-0.05, 0) is 18.8 Å². The van der Waals surface area contributed by atoms with Crippen LogP contribution in [-0.4, -0.2) is 5.37 Å². The topological polar surface area (TPSA) is 0 Å². The summed E-state index contributed by atoms with van der Waals surface area (Å²) in [5.41, 5.74) is 0. The quantitative estimate of drug-likeness (QED) is 0.469. The summed E-state index contributed by atoms with van der Waals surface area (Å²) in [4.78, 5) is 0. The molecule has 0 unspecified atom stereocenters. The van der Waals surface area contributed by atoms with Gasteiger partial charge in [0.05, 0.1) is 0 Å². The molecule has 0 aromatic rings. The van der Waals surface area contributed by atoms with Crippen molar-refractivity contribution in [3.8, 4) is 0 Å². The molecule has 0 aromatic carbocycles. The first-order valence-corrected chi connectivity index (χ1v) is 3.22. The standard InChI is InChI=1S/C6H9S/c7-5-6-3-1-2-4-6/h6H,1-4H2. The zero-order valence-corrected chi connectivity index (χ0v) is 5.13. The van der Waals surface area contributed by atoms with Crippen LogP contribution < -0.4 is 0 Å². The van der Waals surface area contributed by atoms with Crippen LogP contribution in [-0.2, 0) is 0 Å². The molecule has 0 nitrogen and oxygen atoms in total. The van der Waals surface area contributed by atoms with E-state index >= 15 is 0 Å². The molecule has 1 saturated carbocycles. The van der Waals surface area contributed by atoms with Crippen molar-refractivity contribution in [2.75, 3.05) is 0 Å². The molecule has 0 N–H and O–H groups in total. The minimum Gasteiger partial charge on any atom is -0.0834 e. The van der Waals surface area contributed by atoms with Crippen molar-refractivity contribution in [1.29, 1.82) is 0 Å². The molecule has 0 spiro atoms. The molecule has 0 saturated heterocycles. The SMILES string of the molecule is S=[C]C1CCCC1. The molecule has 1 rings (SSSR count). The Balaban J connectivity index is 2.26. The smallest absolute Gasteiger partial charge is 0.0325 e. The lowest BCUT2D eigenvalue weighted by Crippen LogP contribution is -1.88. The first-order valence-electron chi connectivity index (χ1n) is 2.81. The highest BCUT2D eigenvalue weighted by Gasteiger charge is 2.10. The lowest BCUT2D eigenvalue weighted by Gasteiger charge is -1.92. The first-order chi connectivity index (χ1) is 3.43. The summed E-state index contributed by atoms with van der Waals surface area (Å²) in [5.74, 6) is 0.662. The van der Waals surface area contributed by atoms with Gasteiger partial charge in [0.1, 0.15) is 0 Å². The zero-order valence-electron chi connectivity index (χ0n) is 4.31. The maximum absolute atomic E-state index is 4.66. The van der Waals surface area contributed by atoms with E-state index in [1.165, 1.54) is 25.7 Å². The van der Waals surface area contributed by atoms with Crippen molar-refractivity contribution < 1.29 is 0 Å². The second-order valence-electron chi connectivity index (χ2n) is 2.10. The Kier molecular flexibility index (Phi) is 1.80. The third-order valence-electron chi connectivity index (χ3n) is 1.52. The lowest BCUT2D eigenvalue weighted by molar-refractivity contribution is 0.753. The highest BCUT2D eigenvalue weighted by Crippen LogP contribution is 2.22. The molecule has 0 aromatic heterocycles. The van der Waals surface area contributed by atoms with Crippen molar-refractivity contribution in [3.05, 3.63) is 0 Å². The molecule has 1 aliphatic carbocycles. The molecule has 1 fully saturated rings. The van der Waals surface area contributed by atoms with Crippen LogP contribution >= 0.6 is 12.2 Å². The monoisotopic (exact) mass is 113 g/mol. The predicted octanol–water partition coefficient (Wildman–Crippen LogP) is 2.05. The molecule has 0 aliphatic heterocycles. The molecule has 0 atom stereocenters. The fraction of sp³-hybridized carbons (Fsp3) is 0.833. The number of hydrogen-bond acceptors (Lipinski definition) is 1. The van der Waals surface area contributed by atoms with Gasteiger partial charge in [0.15, 0.2) is 0 Å². The molecular weight excluding hydrogens is 104 g/mol. The summed E-state index contributed by atoms with van der Waals surface area (Å²) in [7, 11) is 0. The van der Waals surface area contributed by atoms with Gasteiger partial charge >= 0.3 is 0 Å². The Morgan fingerprint density at radius 2 is 1.86 bits per heavy atom. The molecule has 7 heavy (non-hydrogen) atoms. The van der Waals surface area contributed by atoms with Crippen molar-refractivity contribution >= 4 is 17.6 Å². The molecule has 1 radical (unpaired) electrons. The summed E-state index contributed by atoms with van der Waals surface area (Å²) in [5, 5.41) is 2.85. The van der Waals surface area contributed by atoms with Crippen LogP contribution in [0.5, 0.6) is 0 Å². The molecule has 0 bridgehead atoms. The van der Waals surface area contributed by atoms with Gasteiger partial charge in [-0.3, -0.25) is 0 Å². The van der Waals surface area contributed by atoms with Crippen LogP contribution in [0.15, 0.2) is 0 Å². The maximum Gasteiger partial charge on any atom is 0.0325 e. The average molecular weight is 113 g/mol. The highest BCUT2D eigenvalue weighted by molar-refractivity contribution is 7.79. The Morgan fingerprint density at radius 3 is 2.14 bits per heavy atom. The van der Waals surface area contributed by atoms with Crippen molar-refractivity contribution in [2.24, 2.45) is 5.92 Å². The molecule has 39 valence electrons. The molecule has 0 heterocycles. The predicted molar refractivity (Wildman–Crippen MR) is 34.6 cm³/mol. The second-order valence-corrected chi connectivity index (χ2v) is 2.33. The fourth-order valence-corrected chi connectivity index (χ4v) is 1.28. The van der Waals surface area contributed by atoms with Gasteiger partial charge in [0.25, 0.3) is 0 Å². The Hall–Kier alpha value is 0.0900. The third kappa shape index (κ3) is 1.23. The molecular formula is C6H9S. The lowest BCUT2D eigenvalue weighted by atomic mass is 10.1. The summed E-state index contributed by atoms with van der Waals surface area (Å²) in [6.07, 6.45) is 5.33. The average Bonchev–Trinajstić information content (AvgIpc) is 2.14. The molecule has 1 aliphatic rings. The zero-order chi connectivity index (χ0) is 5.11. The van der Waals surface area contributed by atoms with Crippen LogP contribution in [0.1, 0.15) is 25.7 Å². The van der Waals surface area contributed by atoms with Crippen molar-refractivity contribution in [2.45, 2.75) is 25.7 Å². The van der Waals surface area contributed by atoms with E-state index in [0.29, 0.717) is 5.92 Å². The van der Waals surface area contributed by atoms with Gasteiger partial charge in [-0.15, -0.1) is 0 Å². The Bertz CT molecular complexity index is 62.6. The highest BCUT2D eigenvalue weighted by atomic mass is 32.1. The Morgan fingerprint density at radius 1 is 1.29 bits per heavy atom. The van der Waals surface area contributed by atoms with E-state index in [-0.39, 0.29) is 0 Å². The van der Waals surface area contributed by atoms with E-state index in [1.54, 1.807) is 0 Å². The van der Waals surface area contributed by atoms with Gasteiger partial charge < -0.3 is 0 Å². The van der Waals surface area contributed by atoms with E-state index in [2.05, 4.69) is 17.6 Å². The summed E-state index contributed by atoms with van der Waals surface area (Å²) in [6.45, 7) is 0. The fourth-order valence-electron chi connectivity index (χ4n) is 1.04. The number of rotatable bonds is 1. The number of hydrogen-bond donors (Lipinski definition) is 0.